The van der Waals surface area contributed by atoms with E-state index in [4.69, 9.17) is 9.97 Å². The van der Waals surface area contributed by atoms with E-state index in [0.29, 0.717) is 18.8 Å². The average molecular weight is 491 g/mol. The highest BCUT2D eigenvalue weighted by molar-refractivity contribution is 5.59. The predicted octanol–water partition coefficient (Wildman–Crippen LogP) is 4.53. The van der Waals surface area contributed by atoms with E-state index in [1.54, 1.807) is 0 Å². The minimum Gasteiger partial charge on any atom is -0.385 e. The number of nitrogens with one attached hydrogen (secondary N) is 2. The number of hydrogen-bond donors (Lipinski definition) is 3. The largest absolute Gasteiger partial charge is 0.385 e. The van der Waals surface area contributed by atoms with Crippen LogP contribution in [0.15, 0.2) is 54.9 Å². The Morgan fingerprint density at radius 2 is 1.64 bits per heavy atom. The first-order chi connectivity index (χ1) is 16.9. The fourth-order valence-electron chi connectivity index (χ4n) is 3.76. The Kier molecular flexibility index (Phi) is 9.17. The fraction of sp³-hybridized carbons (Fsp3) is 0.483. The van der Waals surface area contributed by atoms with Gasteiger partial charge >= 0.3 is 0 Å². The molecule has 0 aliphatic rings. The summed E-state index contributed by atoms with van der Waals surface area (Å²) >= 11 is 0. The van der Waals surface area contributed by atoms with E-state index < -0.39 is 6.10 Å². The van der Waals surface area contributed by atoms with Crippen molar-refractivity contribution >= 4 is 5.82 Å². The quantitative estimate of drug-likeness (QED) is 0.385. The highest BCUT2D eigenvalue weighted by atomic mass is 16.3. The minimum atomic E-state index is -0.677. The van der Waals surface area contributed by atoms with Gasteiger partial charge in [0.05, 0.1) is 11.4 Å². The molecule has 3 heterocycles. The summed E-state index contributed by atoms with van der Waals surface area (Å²) in [7, 11) is 2.05. The van der Waals surface area contributed by atoms with Crippen LogP contribution in [0.25, 0.3) is 11.3 Å². The molecule has 0 fully saturated rings. The number of aromatic nitrogens is 3. The molecule has 0 unspecified atom stereocenters. The van der Waals surface area contributed by atoms with Crippen molar-refractivity contribution in [2.24, 2.45) is 0 Å². The molecule has 0 spiro atoms. The van der Waals surface area contributed by atoms with Crippen molar-refractivity contribution in [1.29, 1.82) is 0 Å². The Bertz CT molecular complexity index is 1120. The maximum Gasteiger partial charge on any atom is 0.128 e. The molecule has 0 saturated heterocycles. The summed E-state index contributed by atoms with van der Waals surface area (Å²) in [5.41, 5.74) is 4.54. The number of anilines is 1. The van der Waals surface area contributed by atoms with Gasteiger partial charge in [0, 0.05) is 67.8 Å². The first kappa shape index (κ1) is 27.7. The van der Waals surface area contributed by atoms with Gasteiger partial charge in [-0.3, -0.25) is 4.98 Å². The second-order valence-electron chi connectivity index (χ2n) is 11.4. The number of rotatable bonds is 10. The topological polar surface area (TPSA) is 86.2 Å². The lowest BCUT2D eigenvalue weighted by atomic mass is 10.1. The zero-order chi connectivity index (χ0) is 26.3. The molecule has 7 nitrogen and oxygen atoms in total. The van der Waals surface area contributed by atoms with E-state index >= 15 is 0 Å². The molecule has 3 rings (SSSR count). The molecule has 3 N–H and O–H groups in total. The zero-order valence-corrected chi connectivity index (χ0v) is 22.8. The van der Waals surface area contributed by atoms with Gasteiger partial charge in [0.25, 0.3) is 0 Å². The lowest BCUT2D eigenvalue weighted by molar-refractivity contribution is 0.159. The summed E-state index contributed by atoms with van der Waals surface area (Å²) in [6, 6.07) is 14.0. The monoisotopic (exact) mass is 490 g/mol. The van der Waals surface area contributed by atoms with Crippen LogP contribution in [0.3, 0.4) is 0 Å². The van der Waals surface area contributed by atoms with Crippen molar-refractivity contribution in [2.45, 2.75) is 71.7 Å². The van der Waals surface area contributed by atoms with Crippen molar-refractivity contribution in [3.63, 3.8) is 0 Å². The van der Waals surface area contributed by atoms with E-state index in [1.807, 2.05) is 43.7 Å². The van der Waals surface area contributed by atoms with E-state index in [-0.39, 0.29) is 11.1 Å². The first-order valence-corrected chi connectivity index (χ1v) is 12.7. The molecule has 0 amide bonds. The molecular formula is C29H42N6O. The highest BCUT2D eigenvalue weighted by Gasteiger charge is 2.16. The molecule has 36 heavy (non-hydrogen) atoms. The Hall–Kier alpha value is -2.87. The van der Waals surface area contributed by atoms with Gasteiger partial charge in [-0.05, 0) is 77.4 Å². The Labute approximate surface area is 216 Å². The van der Waals surface area contributed by atoms with Crippen molar-refractivity contribution in [3.05, 3.63) is 71.8 Å². The van der Waals surface area contributed by atoms with Gasteiger partial charge < -0.3 is 20.6 Å². The Balaban J connectivity index is 1.68. The van der Waals surface area contributed by atoms with Crippen molar-refractivity contribution < 1.29 is 5.11 Å². The van der Waals surface area contributed by atoms with Crippen molar-refractivity contribution in [2.75, 3.05) is 25.0 Å². The minimum absolute atomic E-state index is 0.0689. The maximum absolute atomic E-state index is 10.6. The van der Waals surface area contributed by atoms with Gasteiger partial charge in [0.1, 0.15) is 11.9 Å². The Morgan fingerprint density at radius 1 is 0.917 bits per heavy atom. The molecule has 194 valence electrons. The van der Waals surface area contributed by atoms with Crippen molar-refractivity contribution in [3.8, 4) is 11.3 Å². The third-order valence-corrected chi connectivity index (χ3v) is 5.67. The van der Waals surface area contributed by atoms with Crippen LogP contribution in [0.4, 0.5) is 5.82 Å². The third kappa shape index (κ3) is 8.97. The second kappa shape index (κ2) is 11.9. The summed E-state index contributed by atoms with van der Waals surface area (Å²) in [5, 5.41) is 17.5. The molecule has 0 aromatic carbocycles. The van der Waals surface area contributed by atoms with Gasteiger partial charge in [-0.2, -0.15) is 0 Å². The zero-order valence-electron chi connectivity index (χ0n) is 22.8. The number of aliphatic hydroxyl groups is 1. The van der Waals surface area contributed by atoms with Crippen LogP contribution in [-0.4, -0.2) is 51.3 Å². The van der Waals surface area contributed by atoms with Crippen LogP contribution in [-0.2, 0) is 13.0 Å². The lowest BCUT2D eigenvalue weighted by Crippen LogP contribution is -2.38. The lowest BCUT2D eigenvalue weighted by Gasteiger charge is -2.23. The van der Waals surface area contributed by atoms with E-state index in [0.717, 1.165) is 41.3 Å². The summed E-state index contributed by atoms with van der Waals surface area (Å²) in [6.45, 7) is 14.8. The summed E-state index contributed by atoms with van der Waals surface area (Å²) < 4.78 is 0. The molecule has 0 saturated carbocycles. The smallest absolute Gasteiger partial charge is 0.128 e. The van der Waals surface area contributed by atoms with Gasteiger partial charge in [-0.1, -0.05) is 12.1 Å². The van der Waals surface area contributed by atoms with Gasteiger partial charge in [0.15, 0.2) is 0 Å². The fourth-order valence-corrected chi connectivity index (χ4v) is 3.76. The molecule has 3 aromatic rings. The number of pyridine rings is 3. The van der Waals surface area contributed by atoms with Crippen LogP contribution >= 0.6 is 0 Å². The summed E-state index contributed by atoms with van der Waals surface area (Å²) in [5.74, 6) is 0.934. The number of aliphatic hydroxyl groups excluding tert-OH is 1. The van der Waals surface area contributed by atoms with Crippen LogP contribution in [0.5, 0.6) is 0 Å². The SMILES string of the molecule is CN(Cc1cncc(-c2cccc([C@H](O)CNC(C)(C)C)n2)c1)c1cccc(CCNC(C)(C)C)n1. The van der Waals surface area contributed by atoms with Crippen molar-refractivity contribution in [1.82, 2.24) is 25.6 Å². The number of nitrogens with zero attached hydrogens (tertiary/aromatic N) is 4. The average Bonchev–Trinajstić information content (AvgIpc) is 2.82. The van der Waals surface area contributed by atoms with E-state index in [9.17, 15) is 5.11 Å². The van der Waals surface area contributed by atoms with Gasteiger partial charge in [-0.25, -0.2) is 9.97 Å². The first-order valence-electron chi connectivity index (χ1n) is 12.7. The maximum atomic E-state index is 10.6. The highest BCUT2D eigenvalue weighted by Crippen LogP contribution is 2.22. The molecule has 0 aliphatic carbocycles. The Morgan fingerprint density at radius 3 is 2.36 bits per heavy atom. The molecule has 0 bridgehead atoms. The van der Waals surface area contributed by atoms with E-state index in [2.05, 4.69) is 80.3 Å². The third-order valence-electron chi connectivity index (χ3n) is 5.67. The van der Waals surface area contributed by atoms with Crippen LogP contribution in [0.1, 0.15) is 64.6 Å². The number of hydrogen-bond acceptors (Lipinski definition) is 7. The molecule has 7 heteroatoms. The van der Waals surface area contributed by atoms with Crippen LogP contribution in [0.2, 0.25) is 0 Å². The van der Waals surface area contributed by atoms with E-state index in [1.165, 1.54) is 0 Å². The van der Waals surface area contributed by atoms with Gasteiger partial charge in [0.2, 0.25) is 0 Å². The normalized spacial score (nSPS) is 13.0. The van der Waals surface area contributed by atoms with Crippen LogP contribution < -0.4 is 15.5 Å². The summed E-state index contributed by atoms with van der Waals surface area (Å²) in [6.07, 6.45) is 3.90. The van der Waals surface area contributed by atoms with Crippen LogP contribution in [0, 0.1) is 0 Å². The predicted molar refractivity (Wildman–Crippen MR) is 148 cm³/mol. The second-order valence-corrected chi connectivity index (χ2v) is 11.4. The molecule has 0 aliphatic heterocycles. The van der Waals surface area contributed by atoms with Gasteiger partial charge in [-0.15, -0.1) is 0 Å². The standard InChI is InChI=1S/C29H42N6O/c1-28(2,3)31-15-14-23-10-8-13-27(33-23)35(7)20-21-16-22(18-30-17-21)24-11-9-12-25(34-24)26(36)19-32-29(4,5)6/h8-13,16-18,26,31-32,36H,14-15,19-20H2,1-7H3/t26-/m1/s1. The molecule has 1 atom stereocenters. The summed E-state index contributed by atoms with van der Waals surface area (Å²) in [4.78, 5) is 16.2. The molecular weight excluding hydrogens is 448 g/mol. The molecule has 3 aromatic heterocycles. The molecule has 0 radical (unpaired) electrons. The number of β-amino-alcohol motifs (C(OH)–C–C–N with tert-alkyl or cyclic N) is 1.